The summed E-state index contributed by atoms with van der Waals surface area (Å²) in [5, 5.41) is 7.99. The first-order chi connectivity index (χ1) is 13.9. The zero-order valence-corrected chi connectivity index (χ0v) is 15.4. The standard InChI is InChI=1S/C18H13N5O5S/c24-15-14(10-19-18(25)20-15)29(26,27)23-13-8-4-7-12(9-13)17-22-21-16(28-17)11-5-2-1-3-6-11/h1-10,23H,(H2,19,20,24,25). The second-order valence-electron chi connectivity index (χ2n) is 5.90. The van der Waals surface area contributed by atoms with Crippen molar-refractivity contribution in [1.29, 1.82) is 0 Å². The molecule has 0 saturated heterocycles. The van der Waals surface area contributed by atoms with Crippen LogP contribution < -0.4 is 16.0 Å². The number of rotatable bonds is 5. The van der Waals surface area contributed by atoms with Crippen LogP contribution in [0, 0.1) is 0 Å². The molecule has 0 spiro atoms. The first-order valence-electron chi connectivity index (χ1n) is 8.26. The molecule has 29 heavy (non-hydrogen) atoms. The minimum absolute atomic E-state index is 0.174. The number of hydrogen-bond donors (Lipinski definition) is 3. The summed E-state index contributed by atoms with van der Waals surface area (Å²) >= 11 is 0. The zero-order chi connectivity index (χ0) is 20.4. The Labute approximate surface area is 163 Å². The Kier molecular flexibility index (Phi) is 4.56. The van der Waals surface area contributed by atoms with Crippen LogP contribution in [0.5, 0.6) is 0 Å². The average molecular weight is 411 g/mol. The van der Waals surface area contributed by atoms with Crippen LogP contribution in [-0.4, -0.2) is 28.6 Å². The summed E-state index contributed by atoms with van der Waals surface area (Å²) in [5.74, 6) is 0.526. The van der Waals surface area contributed by atoms with Gasteiger partial charge in [-0.3, -0.25) is 14.5 Å². The van der Waals surface area contributed by atoms with E-state index in [0.717, 1.165) is 11.8 Å². The van der Waals surface area contributed by atoms with Crippen molar-refractivity contribution in [2.24, 2.45) is 0 Å². The minimum Gasteiger partial charge on any atom is -0.416 e. The fourth-order valence-corrected chi connectivity index (χ4v) is 3.62. The Morgan fingerprint density at radius 2 is 1.59 bits per heavy atom. The van der Waals surface area contributed by atoms with Crippen LogP contribution in [0.4, 0.5) is 5.69 Å². The van der Waals surface area contributed by atoms with Gasteiger partial charge in [-0.1, -0.05) is 24.3 Å². The molecule has 4 rings (SSSR count). The number of nitrogens with zero attached hydrogens (tertiary/aromatic N) is 2. The van der Waals surface area contributed by atoms with Crippen molar-refractivity contribution in [3.8, 4) is 22.9 Å². The monoisotopic (exact) mass is 411 g/mol. The van der Waals surface area contributed by atoms with Crippen LogP contribution in [0.1, 0.15) is 0 Å². The third-order valence-electron chi connectivity index (χ3n) is 3.88. The largest absolute Gasteiger partial charge is 0.416 e. The lowest BCUT2D eigenvalue weighted by Gasteiger charge is -2.07. The van der Waals surface area contributed by atoms with Gasteiger partial charge in [-0.2, -0.15) is 0 Å². The molecule has 0 bridgehead atoms. The van der Waals surface area contributed by atoms with Gasteiger partial charge in [-0.05, 0) is 30.3 Å². The maximum Gasteiger partial charge on any atom is 0.325 e. The van der Waals surface area contributed by atoms with Crippen LogP contribution in [-0.2, 0) is 10.0 Å². The molecule has 0 unspecified atom stereocenters. The molecule has 0 saturated carbocycles. The van der Waals surface area contributed by atoms with Crippen molar-refractivity contribution in [3.05, 3.63) is 81.6 Å². The summed E-state index contributed by atoms with van der Waals surface area (Å²) in [5.41, 5.74) is -0.424. The summed E-state index contributed by atoms with van der Waals surface area (Å²) in [6, 6.07) is 15.4. The minimum atomic E-state index is -4.23. The molecule has 0 aliphatic heterocycles. The van der Waals surface area contributed by atoms with E-state index in [9.17, 15) is 18.0 Å². The van der Waals surface area contributed by atoms with Crippen LogP contribution in [0.2, 0.25) is 0 Å². The highest BCUT2D eigenvalue weighted by Crippen LogP contribution is 2.26. The van der Waals surface area contributed by atoms with E-state index < -0.39 is 26.2 Å². The highest BCUT2D eigenvalue weighted by atomic mass is 32.2. The second-order valence-corrected chi connectivity index (χ2v) is 7.55. The van der Waals surface area contributed by atoms with Crippen LogP contribution >= 0.6 is 0 Å². The summed E-state index contributed by atoms with van der Waals surface area (Å²) in [7, 11) is -4.23. The fourth-order valence-electron chi connectivity index (χ4n) is 2.56. The Bertz CT molecular complexity index is 1390. The third kappa shape index (κ3) is 3.84. The van der Waals surface area contributed by atoms with Crippen molar-refractivity contribution in [2.45, 2.75) is 4.90 Å². The van der Waals surface area contributed by atoms with Crippen molar-refractivity contribution in [3.63, 3.8) is 0 Å². The van der Waals surface area contributed by atoms with E-state index in [1.54, 1.807) is 12.1 Å². The van der Waals surface area contributed by atoms with Crippen molar-refractivity contribution < 1.29 is 12.8 Å². The summed E-state index contributed by atoms with van der Waals surface area (Å²) < 4.78 is 32.9. The molecule has 0 aliphatic rings. The van der Waals surface area contributed by atoms with E-state index in [1.165, 1.54) is 12.1 Å². The smallest absolute Gasteiger partial charge is 0.325 e. The number of hydrogen-bond acceptors (Lipinski definition) is 7. The van der Waals surface area contributed by atoms with E-state index in [0.29, 0.717) is 11.5 Å². The van der Waals surface area contributed by atoms with Gasteiger partial charge in [0.25, 0.3) is 15.6 Å². The van der Waals surface area contributed by atoms with E-state index >= 15 is 0 Å². The Balaban J connectivity index is 1.64. The molecule has 0 atom stereocenters. The highest BCUT2D eigenvalue weighted by molar-refractivity contribution is 7.92. The normalized spacial score (nSPS) is 11.3. The maximum atomic E-state index is 12.5. The zero-order valence-electron chi connectivity index (χ0n) is 14.6. The van der Waals surface area contributed by atoms with E-state index in [-0.39, 0.29) is 11.6 Å². The quantitative estimate of drug-likeness (QED) is 0.451. The molecule has 11 heteroatoms. The number of anilines is 1. The first-order valence-corrected chi connectivity index (χ1v) is 9.75. The van der Waals surface area contributed by atoms with Gasteiger partial charge in [0.1, 0.15) is 0 Å². The van der Waals surface area contributed by atoms with Crippen molar-refractivity contribution in [2.75, 3.05) is 4.72 Å². The molecule has 146 valence electrons. The molecule has 3 N–H and O–H groups in total. The van der Waals surface area contributed by atoms with Crippen molar-refractivity contribution in [1.82, 2.24) is 20.2 Å². The number of H-pyrrole nitrogens is 2. The number of aromatic nitrogens is 4. The van der Waals surface area contributed by atoms with Crippen LogP contribution in [0.3, 0.4) is 0 Å². The van der Waals surface area contributed by atoms with Crippen LogP contribution in [0.25, 0.3) is 22.9 Å². The van der Waals surface area contributed by atoms with E-state index in [4.69, 9.17) is 4.42 Å². The highest BCUT2D eigenvalue weighted by Gasteiger charge is 2.19. The van der Waals surface area contributed by atoms with Gasteiger partial charge in [0.05, 0.1) is 0 Å². The number of benzene rings is 2. The van der Waals surface area contributed by atoms with Crippen LogP contribution in [0.15, 0.2) is 79.7 Å². The van der Waals surface area contributed by atoms with Gasteiger partial charge in [0, 0.05) is 23.0 Å². The average Bonchev–Trinajstić information content (AvgIpc) is 3.18. The molecule has 2 aromatic heterocycles. The summed E-state index contributed by atoms with van der Waals surface area (Å²) in [6.07, 6.45) is 0.831. The lowest BCUT2D eigenvalue weighted by molar-refractivity contribution is 0.584. The Morgan fingerprint density at radius 1 is 0.897 bits per heavy atom. The predicted octanol–water partition coefficient (Wildman–Crippen LogP) is 1.58. The Hall–Kier alpha value is -3.99. The predicted molar refractivity (Wildman–Crippen MR) is 104 cm³/mol. The summed E-state index contributed by atoms with van der Waals surface area (Å²) in [4.78, 5) is 26.2. The van der Waals surface area contributed by atoms with Gasteiger partial charge in [-0.15, -0.1) is 10.2 Å². The third-order valence-corrected chi connectivity index (χ3v) is 5.27. The molecule has 0 fully saturated rings. The SMILES string of the molecule is O=c1[nH]cc(S(=O)(=O)Nc2cccc(-c3nnc(-c4ccccc4)o3)c2)c(=O)[nH]1. The van der Waals surface area contributed by atoms with E-state index in [1.807, 2.05) is 35.3 Å². The van der Waals surface area contributed by atoms with Gasteiger partial charge in [0.15, 0.2) is 4.90 Å². The Morgan fingerprint density at radius 3 is 2.31 bits per heavy atom. The fraction of sp³-hybridized carbons (Fsp3) is 0. The molecule has 0 amide bonds. The first kappa shape index (κ1) is 18.4. The molecule has 2 aromatic carbocycles. The molecule has 4 aromatic rings. The van der Waals surface area contributed by atoms with Crippen molar-refractivity contribution >= 4 is 15.7 Å². The van der Waals surface area contributed by atoms with Gasteiger partial charge < -0.3 is 9.40 Å². The summed E-state index contributed by atoms with van der Waals surface area (Å²) in [6.45, 7) is 0. The topological polar surface area (TPSA) is 151 Å². The number of nitrogens with one attached hydrogen (secondary N) is 3. The lowest BCUT2D eigenvalue weighted by atomic mass is 10.2. The second kappa shape index (κ2) is 7.20. The number of sulfonamides is 1. The van der Waals surface area contributed by atoms with Gasteiger partial charge >= 0.3 is 5.69 Å². The number of aromatic amines is 2. The lowest BCUT2D eigenvalue weighted by Crippen LogP contribution is -2.29. The molecule has 2 heterocycles. The maximum absolute atomic E-state index is 12.5. The van der Waals surface area contributed by atoms with Gasteiger partial charge in [0.2, 0.25) is 11.8 Å². The molecule has 0 aliphatic carbocycles. The molecule has 0 radical (unpaired) electrons. The molecular formula is C18H13N5O5S. The molecular weight excluding hydrogens is 398 g/mol. The van der Waals surface area contributed by atoms with Gasteiger partial charge in [-0.25, -0.2) is 13.2 Å². The molecule has 10 nitrogen and oxygen atoms in total. The van der Waals surface area contributed by atoms with E-state index in [2.05, 4.69) is 19.9 Å².